The Labute approximate surface area is 160 Å². The van der Waals surface area contributed by atoms with Gasteiger partial charge in [-0.2, -0.15) is 0 Å². The Hall–Kier alpha value is 0. The summed E-state index contributed by atoms with van der Waals surface area (Å²) in [5, 5.41) is 0. The first-order valence-corrected chi connectivity index (χ1v) is 11.9. The second kappa shape index (κ2) is 11.7. The molecule has 0 amide bonds. The summed E-state index contributed by atoms with van der Waals surface area (Å²) >= 11 is 0. The molecule has 150 valence electrons. The summed E-state index contributed by atoms with van der Waals surface area (Å²) in [5.41, 5.74) is 0.692. The maximum atomic E-state index is 2.60. The zero-order valence-corrected chi connectivity index (χ0v) is 18.9. The highest BCUT2D eigenvalue weighted by atomic mass is 14.5. The Morgan fingerprint density at radius 2 is 1.56 bits per heavy atom. The zero-order chi connectivity index (χ0) is 18.9. The lowest BCUT2D eigenvalue weighted by atomic mass is 9.48. The lowest BCUT2D eigenvalue weighted by molar-refractivity contribution is -0.0690. The SMILES string of the molecule is CCCC(C)CCCCC1(CC(CCC)C(C)C)CC(CCC)C1C. The van der Waals surface area contributed by atoms with Gasteiger partial charge in [0, 0.05) is 0 Å². The number of unbranched alkanes of at least 4 members (excludes halogenated alkanes) is 1. The minimum atomic E-state index is 0.692. The van der Waals surface area contributed by atoms with Crippen LogP contribution in [0.25, 0.3) is 0 Å². The van der Waals surface area contributed by atoms with Gasteiger partial charge in [-0.05, 0) is 54.3 Å². The number of hydrogen-bond acceptors (Lipinski definition) is 0. The molecule has 1 saturated carbocycles. The van der Waals surface area contributed by atoms with E-state index in [2.05, 4.69) is 48.5 Å². The molecule has 0 saturated heterocycles. The third-order valence-corrected chi connectivity index (χ3v) is 7.68. The van der Waals surface area contributed by atoms with Crippen molar-refractivity contribution in [3.63, 3.8) is 0 Å². The van der Waals surface area contributed by atoms with Crippen LogP contribution >= 0.6 is 0 Å². The van der Waals surface area contributed by atoms with Crippen LogP contribution < -0.4 is 0 Å². The van der Waals surface area contributed by atoms with E-state index in [1.165, 1.54) is 70.6 Å². The summed E-state index contributed by atoms with van der Waals surface area (Å²) in [6, 6.07) is 0. The van der Waals surface area contributed by atoms with E-state index in [1.54, 1.807) is 6.42 Å². The van der Waals surface area contributed by atoms with E-state index in [4.69, 9.17) is 0 Å². The molecule has 0 spiro atoms. The summed E-state index contributed by atoms with van der Waals surface area (Å²) < 4.78 is 0. The largest absolute Gasteiger partial charge is 0.0654 e. The predicted octanol–water partition coefficient (Wildman–Crippen LogP) is 8.89. The van der Waals surface area contributed by atoms with Gasteiger partial charge < -0.3 is 0 Å². The normalized spacial score (nSPS) is 28.8. The standard InChI is InChI=1S/C25H50/c1-8-13-21(6)16-11-12-17-25(18-23(14-9-2)20(4)5)19-24(15-10-3)22(25)7/h20-24H,8-19H2,1-7H3. The van der Waals surface area contributed by atoms with Gasteiger partial charge in [-0.15, -0.1) is 0 Å². The van der Waals surface area contributed by atoms with Crippen LogP contribution in [0.2, 0.25) is 0 Å². The lowest BCUT2D eigenvalue weighted by Crippen LogP contribution is -2.48. The van der Waals surface area contributed by atoms with E-state index in [0.29, 0.717) is 5.41 Å². The molecule has 0 heterocycles. The molecule has 5 unspecified atom stereocenters. The van der Waals surface area contributed by atoms with Crippen molar-refractivity contribution in [3.8, 4) is 0 Å². The van der Waals surface area contributed by atoms with Crippen LogP contribution in [0.1, 0.15) is 126 Å². The molecule has 0 bridgehead atoms. The third kappa shape index (κ3) is 6.91. The lowest BCUT2D eigenvalue weighted by Gasteiger charge is -2.57. The van der Waals surface area contributed by atoms with E-state index >= 15 is 0 Å². The Bertz CT molecular complexity index is 331. The van der Waals surface area contributed by atoms with Crippen LogP contribution in [0.4, 0.5) is 0 Å². The first kappa shape index (κ1) is 23.0. The molecule has 0 radical (unpaired) electrons. The van der Waals surface area contributed by atoms with E-state index in [1.807, 2.05) is 0 Å². The molecule has 1 aliphatic rings. The fourth-order valence-corrected chi connectivity index (χ4v) is 5.82. The maximum absolute atomic E-state index is 2.60. The summed E-state index contributed by atoms with van der Waals surface area (Å²) in [6.07, 6.45) is 17.4. The monoisotopic (exact) mass is 350 g/mol. The summed E-state index contributed by atoms with van der Waals surface area (Å²) in [4.78, 5) is 0. The Morgan fingerprint density at radius 3 is 2.08 bits per heavy atom. The zero-order valence-electron chi connectivity index (χ0n) is 18.9. The van der Waals surface area contributed by atoms with Gasteiger partial charge in [-0.25, -0.2) is 0 Å². The fraction of sp³-hybridized carbons (Fsp3) is 1.00. The molecule has 0 heteroatoms. The fourth-order valence-electron chi connectivity index (χ4n) is 5.82. The van der Waals surface area contributed by atoms with Crippen LogP contribution in [0.3, 0.4) is 0 Å². The van der Waals surface area contributed by atoms with Crippen LogP contribution in [-0.2, 0) is 0 Å². The van der Waals surface area contributed by atoms with Gasteiger partial charge in [0.25, 0.3) is 0 Å². The van der Waals surface area contributed by atoms with Crippen molar-refractivity contribution < 1.29 is 0 Å². The summed E-state index contributed by atoms with van der Waals surface area (Å²) in [7, 11) is 0. The number of rotatable bonds is 14. The second-order valence-corrected chi connectivity index (χ2v) is 10.0. The molecule has 25 heavy (non-hydrogen) atoms. The van der Waals surface area contributed by atoms with Gasteiger partial charge >= 0.3 is 0 Å². The van der Waals surface area contributed by atoms with Crippen molar-refractivity contribution in [1.29, 1.82) is 0 Å². The molecule has 0 aliphatic heterocycles. The van der Waals surface area contributed by atoms with E-state index < -0.39 is 0 Å². The quantitative estimate of drug-likeness (QED) is 0.274. The summed E-state index contributed by atoms with van der Waals surface area (Å²) in [5.74, 6) is 4.75. The predicted molar refractivity (Wildman–Crippen MR) is 115 cm³/mol. The Morgan fingerprint density at radius 1 is 0.880 bits per heavy atom. The van der Waals surface area contributed by atoms with Crippen LogP contribution in [-0.4, -0.2) is 0 Å². The van der Waals surface area contributed by atoms with Crippen molar-refractivity contribution in [2.24, 2.45) is 35.0 Å². The van der Waals surface area contributed by atoms with Gasteiger partial charge in [-0.1, -0.05) is 106 Å². The number of hydrogen-bond donors (Lipinski definition) is 0. The molecule has 5 atom stereocenters. The molecule has 0 nitrogen and oxygen atoms in total. The van der Waals surface area contributed by atoms with Crippen molar-refractivity contribution in [1.82, 2.24) is 0 Å². The highest BCUT2D eigenvalue weighted by Crippen LogP contribution is 2.59. The van der Waals surface area contributed by atoms with Crippen molar-refractivity contribution in [3.05, 3.63) is 0 Å². The molecule has 0 N–H and O–H groups in total. The highest BCUT2D eigenvalue weighted by Gasteiger charge is 2.50. The smallest absolute Gasteiger partial charge is 0.0264 e. The van der Waals surface area contributed by atoms with Crippen molar-refractivity contribution in [2.45, 2.75) is 126 Å². The first-order chi connectivity index (χ1) is 11.9. The van der Waals surface area contributed by atoms with Gasteiger partial charge in [0.1, 0.15) is 0 Å². The molecule has 1 fully saturated rings. The van der Waals surface area contributed by atoms with E-state index in [0.717, 1.165) is 29.6 Å². The van der Waals surface area contributed by atoms with Gasteiger partial charge in [-0.3, -0.25) is 0 Å². The van der Waals surface area contributed by atoms with Crippen molar-refractivity contribution in [2.75, 3.05) is 0 Å². The van der Waals surface area contributed by atoms with E-state index in [9.17, 15) is 0 Å². The minimum Gasteiger partial charge on any atom is -0.0654 e. The van der Waals surface area contributed by atoms with Crippen LogP contribution in [0, 0.1) is 35.0 Å². The molecule has 1 aliphatic carbocycles. The average molecular weight is 351 g/mol. The topological polar surface area (TPSA) is 0 Å². The molecular formula is C25H50. The average Bonchev–Trinajstić information content (AvgIpc) is 2.57. The molecule has 0 aromatic heterocycles. The molecular weight excluding hydrogens is 300 g/mol. The highest BCUT2D eigenvalue weighted by molar-refractivity contribution is 5.00. The Balaban J connectivity index is 2.61. The second-order valence-electron chi connectivity index (χ2n) is 10.0. The Kier molecular flexibility index (Phi) is 10.7. The van der Waals surface area contributed by atoms with E-state index in [-0.39, 0.29) is 0 Å². The van der Waals surface area contributed by atoms with Gasteiger partial charge in [0.05, 0.1) is 0 Å². The van der Waals surface area contributed by atoms with Gasteiger partial charge in [0.2, 0.25) is 0 Å². The third-order valence-electron chi connectivity index (χ3n) is 7.68. The summed E-state index contributed by atoms with van der Waals surface area (Å²) in [6.45, 7) is 17.1. The minimum absolute atomic E-state index is 0.692. The molecule has 0 aromatic carbocycles. The van der Waals surface area contributed by atoms with Gasteiger partial charge in [0.15, 0.2) is 0 Å². The first-order valence-electron chi connectivity index (χ1n) is 11.9. The maximum Gasteiger partial charge on any atom is -0.0264 e. The van der Waals surface area contributed by atoms with Crippen LogP contribution in [0.5, 0.6) is 0 Å². The van der Waals surface area contributed by atoms with Crippen molar-refractivity contribution >= 4 is 0 Å². The molecule has 0 aromatic rings. The van der Waals surface area contributed by atoms with Crippen LogP contribution in [0.15, 0.2) is 0 Å². The molecule has 1 rings (SSSR count).